The summed E-state index contributed by atoms with van der Waals surface area (Å²) in [7, 11) is 3.21. The number of thioether (sulfide) groups is 1. The third-order valence-corrected chi connectivity index (χ3v) is 6.48. The van der Waals surface area contributed by atoms with Crippen LogP contribution < -0.4 is 20.3 Å². The van der Waals surface area contributed by atoms with Crippen LogP contribution in [0.15, 0.2) is 53.7 Å². The Morgan fingerprint density at radius 3 is 2.62 bits per heavy atom. The Hall–Kier alpha value is -3.53. The average molecular weight is 481 g/mol. The molecule has 0 saturated carbocycles. The molecule has 0 spiro atoms. The topological polar surface area (TPSA) is 101 Å². The quantitative estimate of drug-likeness (QED) is 0.477. The fraction of sp³-hybridized carbons (Fsp3) is 0.333. The van der Waals surface area contributed by atoms with Crippen LogP contribution in [-0.2, 0) is 4.79 Å². The number of para-hydroxylation sites is 2. The molecule has 178 valence electrons. The van der Waals surface area contributed by atoms with E-state index in [9.17, 15) is 9.59 Å². The van der Waals surface area contributed by atoms with Gasteiger partial charge >= 0.3 is 0 Å². The van der Waals surface area contributed by atoms with Crippen molar-refractivity contribution in [3.05, 3.63) is 54.1 Å². The van der Waals surface area contributed by atoms with Crippen LogP contribution in [0.3, 0.4) is 0 Å². The first-order valence-electron chi connectivity index (χ1n) is 11.2. The third kappa shape index (κ3) is 5.33. The van der Waals surface area contributed by atoms with E-state index in [0.29, 0.717) is 22.2 Å². The van der Waals surface area contributed by atoms with Gasteiger partial charge in [0.05, 0.1) is 18.6 Å². The van der Waals surface area contributed by atoms with Crippen molar-refractivity contribution in [2.75, 3.05) is 43.2 Å². The van der Waals surface area contributed by atoms with Crippen LogP contribution in [0.4, 0.5) is 11.6 Å². The van der Waals surface area contributed by atoms with Crippen LogP contribution in [0.1, 0.15) is 29.6 Å². The van der Waals surface area contributed by atoms with Crippen molar-refractivity contribution in [3.63, 3.8) is 0 Å². The SMILES string of the molecule is CNC(=O)c1cccc(NC(=O)CSc2nnc(N3CCCCC3)n2-c2ccccc2OC)c1. The zero-order valence-electron chi connectivity index (χ0n) is 19.3. The molecule has 2 aromatic carbocycles. The van der Waals surface area contributed by atoms with Gasteiger partial charge in [0.2, 0.25) is 11.9 Å². The minimum absolute atomic E-state index is 0.136. The standard InChI is InChI=1S/C24H28N6O3S/c1-25-22(32)17-9-8-10-18(15-17)26-21(31)16-34-24-28-27-23(29-13-6-3-7-14-29)30(24)19-11-4-5-12-20(19)33-2/h4-5,8-12,15H,3,6-7,13-14,16H2,1-2H3,(H,25,32)(H,26,31). The number of ether oxygens (including phenoxy) is 1. The summed E-state index contributed by atoms with van der Waals surface area (Å²) < 4.78 is 7.56. The second-order valence-corrected chi connectivity index (χ2v) is 8.78. The summed E-state index contributed by atoms with van der Waals surface area (Å²) in [6, 6.07) is 14.5. The van der Waals surface area contributed by atoms with Crippen molar-refractivity contribution in [2.24, 2.45) is 0 Å². The van der Waals surface area contributed by atoms with Gasteiger partial charge in [0, 0.05) is 31.4 Å². The predicted molar refractivity (Wildman–Crippen MR) is 133 cm³/mol. The number of amides is 2. The lowest BCUT2D eigenvalue weighted by molar-refractivity contribution is -0.113. The molecule has 0 atom stereocenters. The minimum atomic E-state index is -0.208. The molecular formula is C24H28N6O3S. The Labute approximate surface area is 202 Å². The summed E-state index contributed by atoms with van der Waals surface area (Å²) in [6.45, 7) is 1.83. The highest BCUT2D eigenvalue weighted by atomic mass is 32.2. The number of hydrogen-bond donors (Lipinski definition) is 2. The van der Waals surface area contributed by atoms with Crippen molar-refractivity contribution in [3.8, 4) is 11.4 Å². The molecule has 3 aromatic rings. The molecule has 2 N–H and O–H groups in total. The zero-order chi connectivity index (χ0) is 23.9. The second-order valence-electron chi connectivity index (χ2n) is 7.83. The van der Waals surface area contributed by atoms with Gasteiger partial charge in [-0.2, -0.15) is 0 Å². The number of carbonyl (C=O) groups is 2. The number of hydrogen-bond acceptors (Lipinski definition) is 7. The Morgan fingerprint density at radius 2 is 1.85 bits per heavy atom. The first kappa shape index (κ1) is 23.6. The number of rotatable bonds is 8. The van der Waals surface area contributed by atoms with Crippen molar-refractivity contribution < 1.29 is 14.3 Å². The van der Waals surface area contributed by atoms with Gasteiger partial charge in [-0.05, 0) is 49.6 Å². The molecule has 10 heteroatoms. The maximum Gasteiger partial charge on any atom is 0.251 e. The van der Waals surface area contributed by atoms with Crippen molar-refractivity contribution in [1.29, 1.82) is 0 Å². The fourth-order valence-electron chi connectivity index (χ4n) is 3.89. The maximum atomic E-state index is 12.7. The van der Waals surface area contributed by atoms with E-state index in [-0.39, 0.29) is 17.6 Å². The Morgan fingerprint density at radius 1 is 1.06 bits per heavy atom. The highest BCUT2D eigenvalue weighted by Crippen LogP contribution is 2.32. The smallest absolute Gasteiger partial charge is 0.251 e. The highest BCUT2D eigenvalue weighted by molar-refractivity contribution is 7.99. The van der Waals surface area contributed by atoms with Gasteiger partial charge < -0.3 is 20.3 Å². The van der Waals surface area contributed by atoms with Gasteiger partial charge in [-0.15, -0.1) is 10.2 Å². The van der Waals surface area contributed by atoms with Crippen LogP contribution in [0.2, 0.25) is 0 Å². The van der Waals surface area contributed by atoms with Crippen LogP contribution >= 0.6 is 11.8 Å². The lowest BCUT2D eigenvalue weighted by Gasteiger charge is -2.28. The van der Waals surface area contributed by atoms with Gasteiger partial charge in [-0.25, -0.2) is 0 Å². The van der Waals surface area contributed by atoms with E-state index in [4.69, 9.17) is 4.74 Å². The van der Waals surface area contributed by atoms with E-state index < -0.39 is 0 Å². The van der Waals surface area contributed by atoms with E-state index in [0.717, 1.165) is 37.6 Å². The molecule has 1 aliphatic heterocycles. The largest absolute Gasteiger partial charge is 0.495 e. The molecule has 0 unspecified atom stereocenters. The third-order valence-electron chi connectivity index (χ3n) is 5.55. The van der Waals surface area contributed by atoms with Crippen LogP contribution in [-0.4, -0.2) is 59.6 Å². The highest BCUT2D eigenvalue weighted by Gasteiger charge is 2.23. The number of benzene rings is 2. The number of methoxy groups -OCH3 is 1. The number of anilines is 2. The number of nitrogens with one attached hydrogen (secondary N) is 2. The molecule has 2 heterocycles. The van der Waals surface area contributed by atoms with Crippen LogP contribution in [0, 0.1) is 0 Å². The van der Waals surface area contributed by atoms with Crippen molar-refractivity contribution >= 4 is 35.2 Å². The van der Waals surface area contributed by atoms with E-state index >= 15 is 0 Å². The maximum absolute atomic E-state index is 12.7. The number of nitrogens with zero attached hydrogens (tertiary/aromatic N) is 4. The Kier molecular flexibility index (Phi) is 7.69. The molecule has 0 bridgehead atoms. The Bertz CT molecular complexity index is 1160. The number of aromatic nitrogens is 3. The predicted octanol–water partition coefficient (Wildman–Crippen LogP) is 3.36. The van der Waals surface area contributed by atoms with E-state index in [1.807, 2.05) is 28.8 Å². The molecule has 1 fully saturated rings. The molecule has 34 heavy (non-hydrogen) atoms. The summed E-state index contributed by atoms with van der Waals surface area (Å²) >= 11 is 1.30. The van der Waals surface area contributed by atoms with Gasteiger partial charge in [-0.1, -0.05) is 30.0 Å². The minimum Gasteiger partial charge on any atom is -0.495 e. The monoisotopic (exact) mass is 480 g/mol. The van der Waals surface area contributed by atoms with Gasteiger partial charge in [0.25, 0.3) is 5.91 Å². The molecule has 9 nitrogen and oxygen atoms in total. The lowest BCUT2D eigenvalue weighted by atomic mass is 10.1. The summed E-state index contributed by atoms with van der Waals surface area (Å²) in [6.07, 6.45) is 3.43. The van der Waals surface area contributed by atoms with E-state index in [1.54, 1.807) is 38.4 Å². The number of piperidine rings is 1. The fourth-order valence-corrected chi connectivity index (χ4v) is 4.63. The van der Waals surface area contributed by atoms with Crippen molar-refractivity contribution in [2.45, 2.75) is 24.4 Å². The van der Waals surface area contributed by atoms with Gasteiger partial charge in [0.1, 0.15) is 5.75 Å². The molecular weight excluding hydrogens is 452 g/mol. The first-order valence-corrected chi connectivity index (χ1v) is 12.2. The average Bonchev–Trinajstić information content (AvgIpc) is 3.31. The molecule has 1 saturated heterocycles. The summed E-state index contributed by atoms with van der Waals surface area (Å²) in [5.41, 5.74) is 1.87. The van der Waals surface area contributed by atoms with Crippen LogP contribution in [0.25, 0.3) is 5.69 Å². The van der Waals surface area contributed by atoms with Gasteiger partial charge in [0.15, 0.2) is 5.16 Å². The van der Waals surface area contributed by atoms with E-state index in [2.05, 4.69) is 25.7 Å². The number of carbonyl (C=O) groups excluding carboxylic acids is 2. The molecule has 0 radical (unpaired) electrons. The second kappa shape index (κ2) is 11.1. The van der Waals surface area contributed by atoms with Crippen molar-refractivity contribution in [1.82, 2.24) is 20.1 Å². The summed E-state index contributed by atoms with van der Waals surface area (Å²) in [4.78, 5) is 26.8. The zero-order valence-corrected chi connectivity index (χ0v) is 20.1. The van der Waals surface area contributed by atoms with Crippen LogP contribution in [0.5, 0.6) is 5.75 Å². The molecule has 2 amide bonds. The lowest BCUT2D eigenvalue weighted by Crippen LogP contribution is -2.31. The molecule has 4 rings (SSSR count). The molecule has 0 aliphatic carbocycles. The Balaban J connectivity index is 1.54. The van der Waals surface area contributed by atoms with E-state index in [1.165, 1.54) is 18.2 Å². The molecule has 1 aromatic heterocycles. The summed E-state index contributed by atoms with van der Waals surface area (Å²) in [5, 5.41) is 14.9. The van der Waals surface area contributed by atoms with Gasteiger partial charge in [-0.3, -0.25) is 14.2 Å². The summed E-state index contributed by atoms with van der Waals surface area (Å²) in [5.74, 6) is 1.19. The normalized spacial score (nSPS) is 13.4. The molecule has 1 aliphatic rings. The first-order chi connectivity index (χ1) is 16.6.